The van der Waals surface area contributed by atoms with Crippen LogP contribution in [0.25, 0.3) is 10.9 Å². The Morgan fingerprint density at radius 2 is 1.79 bits per heavy atom. The summed E-state index contributed by atoms with van der Waals surface area (Å²) in [5.41, 5.74) is 1.85. The number of fused-ring (bicyclic) bond motifs is 1. The van der Waals surface area contributed by atoms with Crippen molar-refractivity contribution in [1.29, 1.82) is 0 Å². The standard InChI is InChI=1S/C27H24Br2N4O5/c1-3-5-26-31-23-11-8-19(28)13-21(23)27(34)32(26)30-15-18-12-24(37-4-2)25(14-22(18)29)38-16-17-6-9-20(10-7-17)33(35)36/h6-15H,3-5,16H2,1-2H3. The van der Waals surface area contributed by atoms with Crippen molar-refractivity contribution in [3.8, 4) is 11.5 Å². The van der Waals surface area contributed by atoms with Gasteiger partial charge in [0.05, 0.1) is 28.6 Å². The number of benzene rings is 3. The average Bonchev–Trinajstić information content (AvgIpc) is 2.90. The lowest BCUT2D eigenvalue weighted by Gasteiger charge is -2.14. The Bertz CT molecular complexity index is 1570. The topological polar surface area (TPSA) is 109 Å². The van der Waals surface area contributed by atoms with Gasteiger partial charge in [0.2, 0.25) is 0 Å². The normalized spacial score (nSPS) is 11.3. The molecule has 0 aliphatic heterocycles. The number of rotatable bonds is 10. The highest BCUT2D eigenvalue weighted by Crippen LogP contribution is 2.34. The molecule has 196 valence electrons. The molecule has 0 aliphatic carbocycles. The molecule has 0 fully saturated rings. The van der Waals surface area contributed by atoms with E-state index < -0.39 is 4.92 Å². The molecule has 0 spiro atoms. The molecule has 0 bridgehead atoms. The van der Waals surface area contributed by atoms with Gasteiger partial charge in [-0.05, 0) is 77.3 Å². The van der Waals surface area contributed by atoms with Gasteiger partial charge in [-0.25, -0.2) is 4.98 Å². The number of hydrogen-bond donors (Lipinski definition) is 0. The Hall–Kier alpha value is -3.57. The van der Waals surface area contributed by atoms with E-state index in [2.05, 4.69) is 41.9 Å². The van der Waals surface area contributed by atoms with Crippen LogP contribution in [0.5, 0.6) is 11.5 Å². The summed E-state index contributed by atoms with van der Waals surface area (Å²) in [6.45, 7) is 4.50. The highest BCUT2D eigenvalue weighted by molar-refractivity contribution is 9.10. The molecule has 0 aliphatic rings. The average molecular weight is 644 g/mol. The predicted molar refractivity (Wildman–Crippen MR) is 153 cm³/mol. The monoisotopic (exact) mass is 642 g/mol. The zero-order valence-electron chi connectivity index (χ0n) is 20.7. The number of nitro groups is 1. The molecule has 0 atom stereocenters. The maximum Gasteiger partial charge on any atom is 0.282 e. The fourth-order valence-electron chi connectivity index (χ4n) is 3.73. The van der Waals surface area contributed by atoms with Crippen LogP contribution >= 0.6 is 31.9 Å². The second kappa shape index (κ2) is 12.3. The number of hydrogen-bond acceptors (Lipinski definition) is 7. The Labute approximate surface area is 235 Å². The molecular weight excluding hydrogens is 620 g/mol. The predicted octanol–water partition coefficient (Wildman–Crippen LogP) is 6.64. The molecule has 38 heavy (non-hydrogen) atoms. The quantitative estimate of drug-likeness (QED) is 0.109. The summed E-state index contributed by atoms with van der Waals surface area (Å²) in [7, 11) is 0. The molecule has 0 saturated carbocycles. The molecule has 9 nitrogen and oxygen atoms in total. The van der Waals surface area contributed by atoms with E-state index in [0.29, 0.717) is 51.3 Å². The number of non-ortho nitro benzene ring substituents is 1. The van der Waals surface area contributed by atoms with Gasteiger partial charge in [0.15, 0.2) is 11.5 Å². The third-order valence-corrected chi connectivity index (χ3v) is 6.75. The minimum atomic E-state index is -0.443. The maximum absolute atomic E-state index is 13.3. The van der Waals surface area contributed by atoms with Crippen molar-refractivity contribution in [2.24, 2.45) is 5.10 Å². The van der Waals surface area contributed by atoms with Crippen LogP contribution in [0.2, 0.25) is 0 Å². The van der Waals surface area contributed by atoms with Gasteiger partial charge in [-0.3, -0.25) is 14.9 Å². The summed E-state index contributed by atoms with van der Waals surface area (Å²) >= 11 is 6.98. The van der Waals surface area contributed by atoms with Crippen molar-refractivity contribution in [3.05, 3.63) is 101 Å². The van der Waals surface area contributed by atoms with Crippen LogP contribution in [0.4, 0.5) is 5.69 Å². The first-order valence-electron chi connectivity index (χ1n) is 11.9. The van der Waals surface area contributed by atoms with E-state index in [4.69, 9.17) is 9.47 Å². The Morgan fingerprint density at radius 1 is 1.05 bits per heavy atom. The van der Waals surface area contributed by atoms with Crippen LogP contribution in [-0.2, 0) is 13.0 Å². The van der Waals surface area contributed by atoms with E-state index in [-0.39, 0.29) is 17.9 Å². The summed E-state index contributed by atoms with van der Waals surface area (Å²) in [6, 6.07) is 15.1. The molecule has 4 rings (SSSR count). The van der Waals surface area contributed by atoms with E-state index in [0.717, 1.165) is 16.5 Å². The number of aryl methyl sites for hydroxylation is 1. The van der Waals surface area contributed by atoms with Gasteiger partial charge in [-0.1, -0.05) is 22.9 Å². The molecule has 1 aromatic heterocycles. The van der Waals surface area contributed by atoms with Crippen LogP contribution in [0.1, 0.15) is 37.2 Å². The van der Waals surface area contributed by atoms with Crippen molar-refractivity contribution in [1.82, 2.24) is 9.66 Å². The molecule has 0 saturated heterocycles. The number of nitro benzene ring substituents is 1. The zero-order valence-corrected chi connectivity index (χ0v) is 23.9. The largest absolute Gasteiger partial charge is 0.490 e. The highest BCUT2D eigenvalue weighted by atomic mass is 79.9. The van der Waals surface area contributed by atoms with E-state index in [1.165, 1.54) is 16.8 Å². The zero-order chi connectivity index (χ0) is 27.2. The SMILES string of the molecule is CCCc1nc2ccc(Br)cc2c(=O)n1N=Cc1cc(OCC)c(OCc2ccc([N+](=O)[O-])cc2)cc1Br. The molecule has 0 amide bonds. The van der Waals surface area contributed by atoms with Gasteiger partial charge in [0.1, 0.15) is 12.4 Å². The van der Waals surface area contributed by atoms with Gasteiger partial charge in [0, 0.05) is 33.1 Å². The lowest BCUT2D eigenvalue weighted by atomic mass is 10.2. The van der Waals surface area contributed by atoms with Crippen molar-refractivity contribution in [2.75, 3.05) is 6.61 Å². The number of halogens is 2. The van der Waals surface area contributed by atoms with Crippen molar-refractivity contribution in [3.63, 3.8) is 0 Å². The third kappa shape index (κ3) is 6.28. The van der Waals surface area contributed by atoms with Gasteiger partial charge < -0.3 is 9.47 Å². The fourth-order valence-corrected chi connectivity index (χ4v) is 4.51. The number of aromatic nitrogens is 2. The van der Waals surface area contributed by atoms with Gasteiger partial charge in [-0.15, -0.1) is 0 Å². The Balaban J connectivity index is 1.65. The van der Waals surface area contributed by atoms with Crippen LogP contribution < -0.4 is 15.0 Å². The lowest BCUT2D eigenvalue weighted by Crippen LogP contribution is -2.22. The number of ether oxygens (including phenoxy) is 2. The minimum Gasteiger partial charge on any atom is -0.490 e. The van der Waals surface area contributed by atoms with E-state index in [1.807, 2.05) is 26.0 Å². The molecule has 1 heterocycles. The minimum absolute atomic E-state index is 0.0191. The van der Waals surface area contributed by atoms with Crippen LogP contribution in [0.15, 0.2) is 73.4 Å². The van der Waals surface area contributed by atoms with Crippen LogP contribution in [-0.4, -0.2) is 27.4 Å². The van der Waals surface area contributed by atoms with Crippen LogP contribution in [0, 0.1) is 10.1 Å². The maximum atomic E-state index is 13.3. The third-order valence-electron chi connectivity index (χ3n) is 5.57. The molecule has 0 N–H and O–H groups in total. The summed E-state index contributed by atoms with van der Waals surface area (Å²) in [4.78, 5) is 28.4. The first-order chi connectivity index (χ1) is 18.3. The van der Waals surface area contributed by atoms with Crippen LogP contribution in [0.3, 0.4) is 0 Å². The van der Waals surface area contributed by atoms with Crippen molar-refractivity contribution in [2.45, 2.75) is 33.3 Å². The molecule has 11 heteroatoms. The first-order valence-corrected chi connectivity index (χ1v) is 13.5. The first kappa shape index (κ1) is 27.5. The van der Waals surface area contributed by atoms with E-state index >= 15 is 0 Å². The lowest BCUT2D eigenvalue weighted by molar-refractivity contribution is -0.384. The Kier molecular flexibility index (Phi) is 8.90. The second-order valence-corrected chi connectivity index (χ2v) is 10.0. The second-order valence-electron chi connectivity index (χ2n) is 8.27. The van der Waals surface area contributed by atoms with E-state index in [9.17, 15) is 14.9 Å². The number of nitrogens with zero attached hydrogens (tertiary/aromatic N) is 4. The molecule has 0 radical (unpaired) electrons. The summed E-state index contributed by atoms with van der Waals surface area (Å²) in [5, 5.41) is 15.9. The highest BCUT2D eigenvalue weighted by Gasteiger charge is 2.13. The van der Waals surface area contributed by atoms with Crippen molar-refractivity contribution < 1.29 is 14.4 Å². The van der Waals surface area contributed by atoms with Gasteiger partial charge in [0.25, 0.3) is 11.2 Å². The van der Waals surface area contributed by atoms with E-state index in [1.54, 1.807) is 36.5 Å². The smallest absolute Gasteiger partial charge is 0.282 e. The van der Waals surface area contributed by atoms with Gasteiger partial charge in [-0.2, -0.15) is 9.78 Å². The Morgan fingerprint density at radius 3 is 2.47 bits per heavy atom. The van der Waals surface area contributed by atoms with Crippen molar-refractivity contribution >= 4 is 54.7 Å². The van der Waals surface area contributed by atoms with Gasteiger partial charge >= 0.3 is 0 Å². The molecular formula is C27H24Br2N4O5. The molecule has 4 aromatic rings. The summed E-state index contributed by atoms with van der Waals surface area (Å²) in [5.74, 6) is 1.57. The summed E-state index contributed by atoms with van der Waals surface area (Å²) in [6.07, 6.45) is 2.99. The fraction of sp³-hybridized carbons (Fsp3) is 0.222. The summed E-state index contributed by atoms with van der Waals surface area (Å²) < 4.78 is 14.6. The molecule has 0 unspecified atom stereocenters. The molecule has 3 aromatic carbocycles.